The van der Waals surface area contributed by atoms with Gasteiger partial charge in [0.25, 0.3) is 0 Å². The summed E-state index contributed by atoms with van der Waals surface area (Å²) < 4.78 is 2.25. The van der Waals surface area contributed by atoms with Gasteiger partial charge in [-0.3, -0.25) is 4.98 Å². The lowest BCUT2D eigenvalue weighted by Gasteiger charge is -2.34. The minimum Gasteiger partial charge on any atom is -0.356 e. The molecule has 0 spiro atoms. The fraction of sp³-hybridized carbons (Fsp3) is 0.292. The summed E-state index contributed by atoms with van der Waals surface area (Å²) in [7, 11) is 0. The van der Waals surface area contributed by atoms with Crippen molar-refractivity contribution in [3.05, 3.63) is 84.2 Å². The lowest BCUT2D eigenvalue weighted by Crippen LogP contribution is -2.36. The van der Waals surface area contributed by atoms with Gasteiger partial charge < -0.3 is 9.47 Å². The third-order valence-electron chi connectivity index (χ3n) is 5.83. The van der Waals surface area contributed by atoms with Crippen molar-refractivity contribution in [2.24, 2.45) is 0 Å². The number of para-hydroxylation sites is 1. The van der Waals surface area contributed by atoms with Crippen LogP contribution >= 0.6 is 0 Å². The van der Waals surface area contributed by atoms with Gasteiger partial charge in [0.05, 0.1) is 17.8 Å². The number of imidazole rings is 1. The van der Waals surface area contributed by atoms with Crippen LogP contribution in [-0.4, -0.2) is 32.6 Å². The maximum absolute atomic E-state index is 4.95. The average molecular weight is 383 g/mol. The molecule has 5 rings (SSSR count). The normalized spacial score (nSPS) is 17.0. The van der Waals surface area contributed by atoms with Crippen LogP contribution in [0.5, 0.6) is 0 Å². The number of pyridine rings is 2. The molecule has 29 heavy (non-hydrogen) atoms. The van der Waals surface area contributed by atoms with Crippen molar-refractivity contribution in [1.29, 1.82) is 0 Å². The van der Waals surface area contributed by atoms with Crippen molar-refractivity contribution in [3.63, 3.8) is 0 Å². The monoisotopic (exact) mass is 383 g/mol. The van der Waals surface area contributed by atoms with Gasteiger partial charge in [-0.1, -0.05) is 24.3 Å². The first-order valence-electron chi connectivity index (χ1n) is 10.3. The van der Waals surface area contributed by atoms with Gasteiger partial charge in [-0.15, -0.1) is 0 Å². The van der Waals surface area contributed by atoms with E-state index in [0.29, 0.717) is 5.92 Å². The van der Waals surface area contributed by atoms with Gasteiger partial charge in [0.2, 0.25) is 0 Å². The quantitative estimate of drug-likeness (QED) is 0.518. The predicted octanol–water partition coefficient (Wildman–Crippen LogP) is 4.57. The number of anilines is 1. The minimum atomic E-state index is 0.399. The largest absolute Gasteiger partial charge is 0.356 e. The summed E-state index contributed by atoms with van der Waals surface area (Å²) in [4.78, 5) is 16.6. The Bertz CT molecular complexity index is 1120. The van der Waals surface area contributed by atoms with E-state index in [-0.39, 0.29) is 0 Å². The van der Waals surface area contributed by atoms with Crippen molar-refractivity contribution in [1.82, 2.24) is 19.5 Å². The molecule has 1 atom stereocenters. The number of nitrogens with zero attached hydrogens (tertiary/aromatic N) is 5. The highest BCUT2D eigenvalue weighted by Crippen LogP contribution is 2.30. The van der Waals surface area contributed by atoms with Crippen LogP contribution in [0, 0.1) is 6.92 Å². The fourth-order valence-corrected chi connectivity index (χ4v) is 4.37. The van der Waals surface area contributed by atoms with E-state index in [1.165, 1.54) is 10.9 Å². The Labute approximate surface area is 171 Å². The second-order valence-corrected chi connectivity index (χ2v) is 7.83. The number of rotatable bonds is 4. The van der Waals surface area contributed by atoms with Crippen LogP contribution in [-0.2, 0) is 6.54 Å². The number of aryl methyl sites for hydroxylation is 1. The SMILES string of the molecule is Cc1cc(N2CCC[C@H](c3nccn3Cc3ccccn3)C2)nc2ccccc12. The molecule has 0 bridgehead atoms. The maximum Gasteiger partial charge on any atom is 0.129 e. The van der Waals surface area contributed by atoms with E-state index < -0.39 is 0 Å². The Morgan fingerprint density at radius 1 is 1.03 bits per heavy atom. The van der Waals surface area contributed by atoms with Gasteiger partial charge in [0.1, 0.15) is 11.6 Å². The molecule has 0 saturated carbocycles. The second-order valence-electron chi connectivity index (χ2n) is 7.83. The van der Waals surface area contributed by atoms with E-state index in [0.717, 1.165) is 55.3 Å². The Balaban J connectivity index is 1.40. The van der Waals surface area contributed by atoms with E-state index in [1.807, 2.05) is 24.5 Å². The molecule has 1 fully saturated rings. The van der Waals surface area contributed by atoms with E-state index in [9.17, 15) is 0 Å². The van der Waals surface area contributed by atoms with E-state index in [2.05, 4.69) is 64.0 Å². The van der Waals surface area contributed by atoms with Gasteiger partial charge in [-0.05, 0) is 49.6 Å². The molecule has 5 nitrogen and oxygen atoms in total. The number of fused-ring (bicyclic) bond motifs is 1. The molecular weight excluding hydrogens is 358 g/mol. The lowest BCUT2D eigenvalue weighted by atomic mass is 9.96. The van der Waals surface area contributed by atoms with Gasteiger partial charge in [0.15, 0.2) is 0 Å². The van der Waals surface area contributed by atoms with Gasteiger partial charge >= 0.3 is 0 Å². The summed E-state index contributed by atoms with van der Waals surface area (Å²) in [5, 5.41) is 1.23. The molecule has 3 aromatic heterocycles. The van der Waals surface area contributed by atoms with E-state index in [4.69, 9.17) is 9.97 Å². The second kappa shape index (κ2) is 7.66. The standard InChI is InChI=1S/C24H25N5/c1-18-15-23(27-22-10-3-2-9-21(18)22)28-13-6-7-19(16-28)24-26-12-14-29(24)17-20-8-4-5-11-25-20/h2-5,8-12,14-15,19H,6-7,13,16-17H2,1H3/t19-/m0/s1. The fourth-order valence-electron chi connectivity index (χ4n) is 4.37. The Morgan fingerprint density at radius 3 is 2.83 bits per heavy atom. The van der Waals surface area contributed by atoms with Crippen molar-refractivity contribution in [2.75, 3.05) is 18.0 Å². The van der Waals surface area contributed by atoms with Crippen LogP contribution in [0.15, 0.2) is 67.1 Å². The summed E-state index contributed by atoms with van der Waals surface area (Å²) in [5.74, 6) is 2.63. The predicted molar refractivity (Wildman–Crippen MR) is 116 cm³/mol. The molecule has 1 aliphatic rings. The molecule has 4 heterocycles. The highest BCUT2D eigenvalue weighted by molar-refractivity contribution is 5.83. The van der Waals surface area contributed by atoms with Gasteiger partial charge in [0, 0.05) is 43.0 Å². The molecule has 4 aromatic rings. The molecule has 0 amide bonds. The smallest absolute Gasteiger partial charge is 0.129 e. The molecule has 1 saturated heterocycles. The summed E-state index contributed by atoms with van der Waals surface area (Å²) in [6, 6.07) is 16.7. The molecular formula is C24H25N5. The first kappa shape index (κ1) is 17.9. The highest BCUT2D eigenvalue weighted by atomic mass is 15.2. The number of hydrogen-bond acceptors (Lipinski definition) is 4. The summed E-state index contributed by atoms with van der Waals surface area (Å²) in [6.45, 7) is 4.93. The van der Waals surface area contributed by atoms with Crippen molar-refractivity contribution >= 4 is 16.7 Å². The average Bonchev–Trinajstić information content (AvgIpc) is 3.23. The Hall–Kier alpha value is -3.21. The summed E-state index contributed by atoms with van der Waals surface area (Å²) in [6.07, 6.45) is 8.13. The molecule has 0 aliphatic carbocycles. The minimum absolute atomic E-state index is 0.399. The molecule has 0 unspecified atom stereocenters. The zero-order chi connectivity index (χ0) is 19.6. The third kappa shape index (κ3) is 3.60. The van der Waals surface area contributed by atoms with E-state index in [1.54, 1.807) is 0 Å². The molecule has 1 aromatic carbocycles. The van der Waals surface area contributed by atoms with Crippen molar-refractivity contribution in [3.8, 4) is 0 Å². The van der Waals surface area contributed by atoms with Crippen LogP contribution in [0.4, 0.5) is 5.82 Å². The van der Waals surface area contributed by atoms with Crippen molar-refractivity contribution < 1.29 is 0 Å². The van der Waals surface area contributed by atoms with Crippen LogP contribution in [0.25, 0.3) is 10.9 Å². The first-order valence-corrected chi connectivity index (χ1v) is 10.3. The Kier molecular flexibility index (Phi) is 4.72. The maximum atomic E-state index is 4.95. The van der Waals surface area contributed by atoms with Crippen LogP contribution in [0.2, 0.25) is 0 Å². The van der Waals surface area contributed by atoms with E-state index >= 15 is 0 Å². The lowest BCUT2D eigenvalue weighted by molar-refractivity contribution is 0.473. The molecule has 146 valence electrons. The number of benzene rings is 1. The molecule has 0 N–H and O–H groups in total. The zero-order valence-corrected chi connectivity index (χ0v) is 16.7. The Morgan fingerprint density at radius 2 is 1.93 bits per heavy atom. The van der Waals surface area contributed by atoms with Crippen LogP contribution in [0.1, 0.15) is 35.8 Å². The highest BCUT2D eigenvalue weighted by Gasteiger charge is 2.26. The summed E-state index contributed by atoms with van der Waals surface area (Å²) >= 11 is 0. The van der Waals surface area contributed by atoms with Crippen LogP contribution in [0.3, 0.4) is 0 Å². The van der Waals surface area contributed by atoms with Crippen LogP contribution < -0.4 is 4.90 Å². The number of hydrogen-bond donors (Lipinski definition) is 0. The van der Waals surface area contributed by atoms with Gasteiger partial charge in [-0.2, -0.15) is 0 Å². The molecule has 5 heteroatoms. The first-order chi connectivity index (χ1) is 14.3. The number of aromatic nitrogens is 4. The third-order valence-corrected chi connectivity index (χ3v) is 5.83. The molecule has 0 radical (unpaired) electrons. The van der Waals surface area contributed by atoms with Gasteiger partial charge in [-0.25, -0.2) is 9.97 Å². The topological polar surface area (TPSA) is 46.8 Å². The summed E-state index contributed by atoms with van der Waals surface area (Å²) in [5.41, 5.74) is 3.41. The van der Waals surface area contributed by atoms with Crippen molar-refractivity contribution in [2.45, 2.75) is 32.2 Å². The number of piperidine rings is 1. The molecule has 1 aliphatic heterocycles. The zero-order valence-electron chi connectivity index (χ0n) is 16.7.